The minimum atomic E-state index is -4.01. The molecule has 0 aliphatic heterocycles. The smallest absolute Gasteiger partial charge is 0.215 e. The molecule has 0 aliphatic rings. The van der Waals surface area contributed by atoms with E-state index in [1.807, 2.05) is 30.3 Å². The van der Waals surface area contributed by atoms with Crippen molar-refractivity contribution in [1.82, 2.24) is 9.97 Å². The third-order valence-electron chi connectivity index (χ3n) is 3.72. The van der Waals surface area contributed by atoms with Crippen molar-refractivity contribution in [3.8, 4) is 11.9 Å². The maximum Gasteiger partial charge on any atom is 0.215 e. The lowest BCUT2D eigenvalue weighted by atomic mass is 10.3. The van der Waals surface area contributed by atoms with E-state index in [2.05, 4.69) is 25.3 Å². The van der Waals surface area contributed by atoms with E-state index in [1.165, 1.54) is 32.4 Å². The minimum absolute atomic E-state index is 0.00784. The molecular weight excluding hydrogens is 426 g/mol. The summed E-state index contributed by atoms with van der Waals surface area (Å²) in [6.45, 7) is 0. The van der Waals surface area contributed by atoms with Gasteiger partial charge in [-0.05, 0) is 54.4 Å². The van der Waals surface area contributed by atoms with Crippen molar-refractivity contribution >= 4 is 44.5 Å². The number of rotatable bonds is 7. The van der Waals surface area contributed by atoms with Crippen molar-refractivity contribution in [1.29, 1.82) is 0 Å². The van der Waals surface area contributed by atoms with Crippen LogP contribution in [0.5, 0.6) is 11.9 Å². The third kappa shape index (κ3) is 5.55. The van der Waals surface area contributed by atoms with Crippen LogP contribution >= 0.6 is 12.2 Å². The molecule has 0 spiro atoms. The van der Waals surface area contributed by atoms with E-state index < -0.39 is 10.0 Å². The highest BCUT2D eigenvalue weighted by Gasteiger charge is 2.11. The van der Waals surface area contributed by atoms with Gasteiger partial charge >= 0.3 is 0 Å². The molecule has 3 rings (SSSR count). The molecule has 156 valence electrons. The summed E-state index contributed by atoms with van der Waals surface area (Å²) in [5, 5.41) is 6.40. The SMILES string of the molecule is COc1cc([N-]S(=O)(=O)c2ccc(NC(=S)Nc3ccccc3)cc2)nc(OC)n1. The van der Waals surface area contributed by atoms with Crippen LogP contribution in [0.3, 0.4) is 0 Å². The quantitative estimate of drug-likeness (QED) is 0.526. The lowest BCUT2D eigenvalue weighted by Gasteiger charge is -2.18. The number of anilines is 2. The molecule has 2 aromatic carbocycles. The zero-order valence-corrected chi connectivity index (χ0v) is 17.7. The average molecular weight is 445 g/mol. The fourth-order valence-electron chi connectivity index (χ4n) is 2.34. The zero-order chi connectivity index (χ0) is 21.6. The lowest BCUT2D eigenvalue weighted by molar-refractivity contribution is 0.353. The second-order valence-electron chi connectivity index (χ2n) is 5.79. The third-order valence-corrected chi connectivity index (χ3v) is 5.22. The number of nitrogens with zero attached hydrogens (tertiary/aromatic N) is 3. The van der Waals surface area contributed by atoms with Crippen molar-refractivity contribution in [2.75, 3.05) is 24.9 Å². The van der Waals surface area contributed by atoms with Gasteiger partial charge in [0, 0.05) is 17.4 Å². The first-order valence-electron chi connectivity index (χ1n) is 8.58. The molecule has 9 nitrogen and oxygen atoms in total. The largest absolute Gasteiger partial charge is 0.483 e. The molecule has 0 radical (unpaired) electrons. The van der Waals surface area contributed by atoms with Gasteiger partial charge in [0.1, 0.15) is 0 Å². The Morgan fingerprint density at radius 1 is 0.933 bits per heavy atom. The molecule has 30 heavy (non-hydrogen) atoms. The highest BCUT2D eigenvalue weighted by Crippen LogP contribution is 2.30. The van der Waals surface area contributed by atoms with Crippen LogP contribution in [0.4, 0.5) is 17.2 Å². The molecule has 3 aromatic rings. The van der Waals surface area contributed by atoms with Gasteiger partial charge in [-0.2, -0.15) is 4.98 Å². The Kier molecular flexibility index (Phi) is 6.65. The van der Waals surface area contributed by atoms with Crippen molar-refractivity contribution in [3.63, 3.8) is 0 Å². The summed E-state index contributed by atoms with van der Waals surface area (Å²) in [7, 11) is -1.26. The Hall–Kier alpha value is -3.44. The van der Waals surface area contributed by atoms with Crippen molar-refractivity contribution in [2.45, 2.75) is 4.90 Å². The van der Waals surface area contributed by atoms with Crippen LogP contribution in [0.1, 0.15) is 0 Å². The van der Waals surface area contributed by atoms with Crippen molar-refractivity contribution in [3.05, 3.63) is 65.4 Å². The summed E-state index contributed by atoms with van der Waals surface area (Å²) in [6.07, 6.45) is 0. The first-order chi connectivity index (χ1) is 14.4. The highest BCUT2D eigenvalue weighted by molar-refractivity contribution is 7.94. The Bertz CT molecular complexity index is 1100. The Morgan fingerprint density at radius 2 is 1.57 bits per heavy atom. The predicted octanol–water partition coefficient (Wildman–Crippen LogP) is 3.70. The molecule has 0 fully saturated rings. The number of thiocarbonyl (C=S) groups is 1. The number of para-hydroxylation sites is 1. The number of benzene rings is 2. The molecule has 0 amide bonds. The Labute approximate surface area is 179 Å². The molecule has 0 atom stereocenters. The van der Waals surface area contributed by atoms with E-state index in [1.54, 1.807) is 12.1 Å². The van der Waals surface area contributed by atoms with Crippen molar-refractivity contribution in [2.24, 2.45) is 0 Å². The topological polar surface area (TPSA) is 117 Å². The fourth-order valence-corrected chi connectivity index (χ4v) is 3.50. The molecule has 0 bridgehead atoms. The van der Waals surface area contributed by atoms with Gasteiger partial charge < -0.3 is 29.8 Å². The van der Waals surface area contributed by atoms with Crippen LogP contribution in [0, 0.1) is 0 Å². The monoisotopic (exact) mass is 444 g/mol. The molecule has 0 saturated heterocycles. The minimum Gasteiger partial charge on any atom is -0.483 e. The normalized spacial score (nSPS) is 10.7. The summed E-state index contributed by atoms with van der Waals surface area (Å²) >= 11 is 5.26. The Balaban J connectivity index is 1.69. The number of hydrogen-bond donors (Lipinski definition) is 2. The molecule has 2 N–H and O–H groups in total. The van der Waals surface area contributed by atoms with Gasteiger partial charge in [-0.25, -0.2) is 8.42 Å². The van der Waals surface area contributed by atoms with Gasteiger partial charge in [0.15, 0.2) is 5.11 Å². The van der Waals surface area contributed by atoms with Gasteiger partial charge in [0.25, 0.3) is 0 Å². The molecule has 11 heteroatoms. The number of aromatic nitrogens is 2. The summed E-state index contributed by atoms with van der Waals surface area (Å²) in [5.74, 6) is 0.0314. The number of sulfonamides is 1. The number of hydrogen-bond acceptors (Lipinski definition) is 7. The van der Waals surface area contributed by atoms with E-state index in [0.717, 1.165) is 5.69 Å². The van der Waals surface area contributed by atoms with E-state index in [0.29, 0.717) is 10.8 Å². The van der Waals surface area contributed by atoms with Crippen LogP contribution in [0.25, 0.3) is 4.72 Å². The molecule has 0 unspecified atom stereocenters. The van der Waals surface area contributed by atoms with E-state index in [9.17, 15) is 8.42 Å². The Morgan fingerprint density at radius 3 is 2.17 bits per heavy atom. The van der Waals surface area contributed by atoms with Crippen LogP contribution in [-0.4, -0.2) is 37.7 Å². The van der Waals surface area contributed by atoms with Crippen LogP contribution in [0.2, 0.25) is 0 Å². The van der Waals surface area contributed by atoms with Crippen molar-refractivity contribution < 1.29 is 17.9 Å². The summed E-state index contributed by atoms with van der Waals surface area (Å²) in [5.41, 5.74) is 1.46. The van der Waals surface area contributed by atoms with Gasteiger partial charge in [-0.3, -0.25) is 0 Å². The first-order valence-corrected chi connectivity index (χ1v) is 10.4. The average Bonchev–Trinajstić information content (AvgIpc) is 2.74. The van der Waals surface area contributed by atoms with Gasteiger partial charge in [-0.1, -0.05) is 18.2 Å². The molecule has 0 aliphatic carbocycles. The summed E-state index contributed by atoms with van der Waals surface area (Å²) in [6, 6.07) is 16.7. The second-order valence-corrected chi connectivity index (χ2v) is 7.80. The van der Waals surface area contributed by atoms with E-state index >= 15 is 0 Å². The van der Waals surface area contributed by atoms with Crippen LogP contribution in [-0.2, 0) is 10.0 Å². The lowest BCUT2D eigenvalue weighted by Crippen LogP contribution is -2.18. The number of nitrogens with one attached hydrogen (secondary N) is 2. The van der Waals surface area contributed by atoms with E-state index in [4.69, 9.17) is 21.7 Å². The van der Waals surface area contributed by atoms with Gasteiger partial charge in [0.05, 0.1) is 19.1 Å². The molecule has 1 aromatic heterocycles. The molecular formula is C19H18N5O4S2-. The predicted molar refractivity (Wildman–Crippen MR) is 118 cm³/mol. The van der Waals surface area contributed by atoms with Gasteiger partial charge in [-0.15, -0.1) is 0 Å². The molecule has 0 saturated carbocycles. The fraction of sp³-hybridized carbons (Fsp3) is 0.105. The summed E-state index contributed by atoms with van der Waals surface area (Å²) in [4.78, 5) is 7.81. The van der Waals surface area contributed by atoms with E-state index in [-0.39, 0.29) is 22.6 Å². The standard InChI is InChI=1S/C19H19N5O4S2/c1-27-17-12-16(22-18(23-17)28-2)24-30(25,26)15-10-8-14(9-11-15)21-19(29)20-13-6-4-3-5-7-13/h3-12H,1-2H3,(H3,20,21,22,23,24,29)/p-1. The second kappa shape index (κ2) is 9.37. The van der Waals surface area contributed by atoms with Crippen LogP contribution in [0.15, 0.2) is 65.6 Å². The maximum atomic E-state index is 12.6. The summed E-state index contributed by atoms with van der Waals surface area (Å²) < 4.78 is 38.9. The highest BCUT2D eigenvalue weighted by atomic mass is 32.2. The van der Waals surface area contributed by atoms with Crippen LogP contribution < -0.4 is 20.1 Å². The number of methoxy groups -OCH3 is 2. The maximum absolute atomic E-state index is 12.6. The zero-order valence-electron chi connectivity index (χ0n) is 16.1. The first kappa shape index (κ1) is 21.3. The number of ether oxygens (including phenoxy) is 2. The molecule has 1 heterocycles. The van der Waals surface area contributed by atoms with Gasteiger partial charge in [0.2, 0.25) is 21.9 Å².